The van der Waals surface area contributed by atoms with Gasteiger partial charge in [-0.25, -0.2) is 0 Å². The van der Waals surface area contributed by atoms with Crippen molar-refractivity contribution in [1.82, 2.24) is 5.32 Å². The number of hydrogen-bond acceptors (Lipinski definition) is 8. The van der Waals surface area contributed by atoms with Crippen LogP contribution in [0.4, 0.5) is 5.69 Å². The number of carbonyl (C=O) groups excluding carboxylic acids is 4. The number of primary amides is 1. The van der Waals surface area contributed by atoms with Gasteiger partial charge in [-0.15, -0.1) is 0 Å². The number of benzene rings is 2. The second-order valence-electron chi connectivity index (χ2n) is 6.94. The van der Waals surface area contributed by atoms with Crippen molar-refractivity contribution in [3.05, 3.63) is 69.8 Å². The lowest BCUT2D eigenvalue weighted by molar-refractivity contribution is -0.384. The van der Waals surface area contributed by atoms with Gasteiger partial charge in [0, 0.05) is 30.5 Å². The molecule has 0 saturated heterocycles. The summed E-state index contributed by atoms with van der Waals surface area (Å²) >= 11 is 0. The predicted octanol–water partition coefficient (Wildman–Crippen LogP) is 1.84. The number of rotatable bonds is 10. The van der Waals surface area contributed by atoms with Crippen LogP contribution in [0.15, 0.2) is 48.5 Å². The molecule has 0 bridgehead atoms. The molecule has 2 rings (SSSR count). The predicted molar refractivity (Wildman–Crippen MR) is 115 cm³/mol. The smallest absolute Gasteiger partial charge is 0.308 e. The number of nitro groups is 1. The Morgan fingerprint density at radius 3 is 2.15 bits per heavy atom. The van der Waals surface area contributed by atoms with Crippen molar-refractivity contribution in [2.45, 2.75) is 32.2 Å². The quantitative estimate of drug-likeness (QED) is 0.236. The van der Waals surface area contributed by atoms with Crippen LogP contribution in [-0.2, 0) is 19.1 Å². The average molecular weight is 457 g/mol. The normalized spacial score (nSPS) is 12.2. The molecule has 174 valence electrons. The highest BCUT2D eigenvalue weighted by molar-refractivity contribution is 5.98. The maximum absolute atomic E-state index is 12.8. The molecule has 33 heavy (non-hydrogen) atoms. The van der Waals surface area contributed by atoms with E-state index in [1.807, 2.05) is 0 Å². The van der Waals surface area contributed by atoms with E-state index in [-0.39, 0.29) is 30.0 Å². The van der Waals surface area contributed by atoms with Crippen LogP contribution in [0, 0.1) is 10.1 Å². The van der Waals surface area contributed by atoms with Crippen molar-refractivity contribution in [1.29, 1.82) is 0 Å². The van der Waals surface area contributed by atoms with Gasteiger partial charge in [-0.3, -0.25) is 29.3 Å². The van der Waals surface area contributed by atoms with E-state index in [9.17, 15) is 29.3 Å². The number of ether oxygens (including phenoxy) is 2. The Hall–Kier alpha value is -4.28. The number of nitrogens with two attached hydrogens (primary N) is 1. The second-order valence-corrected chi connectivity index (χ2v) is 6.94. The van der Waals surface area contributed by atoms with E-state index in [1.54, 1.807) is 6.92 Å². The van der Waals surface area contributed by atoms with E-state index in [4.69, 9.17) is 15.2 Å². The number of hydrogen-bond donors (Lipinski definition) is 2. The Morgan fingerprint density at radius 2 is 1.67 bits per heavy atom. The van der Waals surface area contributed by atoms with E-state index in [0.717, 1.165) is 0 Å². The van der Waals surface area contributed by atoms with Crippen molar-refractivity contribution in [3.63, 3.8) is 0 Å². The van der Waals surface area contributed by atoms with Crippen molar-refractivity contribution in [2.75, 3.05) is 6.61 Å². The van der Waals surface area contributed by atoms with Crippen LogP contribution in [0.25, 0.3) is 0 Å². The molecule has 0 aliphatic rings. The van der Waals surface area contributed by atoms with Crippen LogP contribution in [0.5, 0.6) is 5.75 Å². The van der Waals surface area contributed by atoms with Gasteiger partial charge in [-0.2, -0.15) is 0 Å². The zero-order chi connectivity index (χ0) is 24.5. The van der Waals surface area contributed by atoms with Crippen LogP contribution in [0.3, 0.4) is 0 Å². The molecule has 2 aromatic rings. The summed E-state index contributed by atoms with van der Waals surface area (Å²) in [7, 11) is 0. The molecule has 11 heteroatoms. The van der Waals surface area contributed by atoms with Crippen molar-refractivity contribution in [2.24, 2.45) is 5.73 Å². The highest BCUT2D eigenvalue weighted by Gasteiger charge is 2.32. The standard InChI is InChI=1S/C22H23N3O8/c1-3-32-19(27)12-18(14-4-8-16(9-5-14)25(30)31)20(21(23)28)24-22(29)15-6-10-17(11-7-15)33-13(2)26/h4-11,18,20H,3,12H2,1-2H3,(H2,23,28)(H,24,29)/t18-,20+/m1/s1. The van der Waals surface area contributed by atoms with Gasteiger partial charge in [0.1, 0.15) is 11.8 Å². The molecule has 2 atom stereocenters. The number of amides is 2. The highest BCUT2D eigenvalue weighted by Crippen LogP contribution is 2.27. The van der Waals surface area contributed by atoms with Crippen LogP contribution < -0.4 is 15.8 Å². The maximum Gasteiger partial charge on any atom is 0.308 e. The Labute approximate surface area is 189 Å². The van der Waals surface area contributed by atoms with E-state index < -0.39 is 40.6 Å². The Kier molecular flexibility index (Phi) is 8.61. The fraction of sp³-hybridized carbons (Fsp3) is 0.273. The molecule has 0 saturated carbocycles. The summed E-state index contributed by atoms with van der Waals surface area (Å²) in [5.41, 5.74) is 5.88. The molecule has 0 aromatic heterocycles. The fourth-order valence-corrected chi connectivity index (χ4v) is 3.11. The highest BCUT2D eigenvalue weighted by atomic mass is 16.6. The molecule has 0 aliphatic carbocycles. The minimum absolute atomic E-state index is 0.105. The molecule has 0 unspecified atom stereocenters. The lowest BCUT2D eigenvalue weighted by Gasteiger charge is -2.25. The minimum atomic E-state index is -1.32. The zero-order valence-corrected chi connectivity index (χ0v) is 18.0. The number of non-ortho nitro benzene ring substituents is 1. The first-order valence-corrected chi connectivity index (χ1v) is 9.91. The molecule has 2 aromatic carbocycles. The van der Waals surface area contributed by atoms with Gasteiger partial charge in [0.25, 0.3) is 11.6 Å². The summed E-state index contributed by atoms with van der Waals surface area (Å²) in [4.78, 5) is 58.6. The monoisotopic (exact) mass is 457 g/mol. The second kappa shape index (κ2) is 11.4. The van der Waals surface area contributed by atoms with E-state index in [0.29, 0.717) is 5.56 Å². The maximum atomic E-state index is 12.8. The molecule has 0 fully saturated rings. The molecule has 0 heterocycles. The molecule has 11 nitrogen and oxygen atoms in total. The Balaban J connectivity index is 2.32. The van der Waals surface area contributed by atoms with Crippen LogP contribution in [0.1, 0.15) is 42.1 Å². The van der Waals surface area contributed by atoms with Gasteiger partial charge in [0.2, 0.25) is 5.91 Å². The number of nitrogens with one attached hydrogen (secondary N) is 1. The van der Waals surface area contributed by atoms with Gasteiger partial charge >= 0.3 is 11.9 Å². The molecule has 2 amide bonds. The molecule has 0 aliphatic heterocycles. The summed E-state index contributed by atoms with van der Waals surface area (Å²) in [6, 6.07) is 9.48. The Morgan fingerprint density at radius 1 is 1.06 bits per heavy atom. The number of carbonyl (C=O) groups is 4. The first kappa shape index (κ1) is 25.0. The van der Waals surface area contributed by atoms with Gasteiger partial charge in [0.05, 0.1) is 18.0 Å². The first-order chi connectivity index (χ1) is 15.6. The summed E-state index contributed by atoms with van der Waals surface area (Å²) in [5, 5.41) is 13.5. The van der Waals surface area contributed by atoms with Crippen molar-refractivity contribution in [3.8, 4) is 5.75 Å². The number of esters is 2. The van der Waals surface area contributed by atoms with Gasteiger partial charge in [0.15, 0.2) is 0 Å². The Bertz CT molecular complexity index is 1030. The zero-order valence-electron chi connectivity index (χ0n) is 18.0. The molecule has 0 radical (unpaired) electrons. The minimum Gasteiger partial charge on any atom is -0.466 e. The molecule has 0 spiro atoms. The molecule has 3 N–H and O–H groups in total. The fourth-order valence-electron chi connectivity index (χ4n) is 3.11. The van der Waals surface area contributed by atoms with E-state index in [1.165, 1.54) is 55.5 Å². The van der Waals surface area contributed by atoms with Gasteiger partial charge in [-0.05, 0) is 36.8 Å². The number of nitrogens with zero attached hydrogens (tertiary/aromatic N) is 1. The topological polar surface area (TPSA) is 168 Å². The van der Waals surface area contributed by atoms with Crippen LogP contribution in [-0.4, -0.2) is 41.3 Å². The summed E-state index contributed by atoms with van der Waals surface area (Å²) < 4.78 is 9.88. The third-order valence-electron chi connectivity index (χ3n) is 4.60. The summed E-state index contributed by atoms with van der Waals surface area (Å²) in [6.45, 7) is 2.96. The van der Waals surface area contributed by atoms with Crippen LogP contribution >= 0.6 is 0 Å². The largest absolute Gasteiger partial charge is 0.466 e. The third-order valence-corrected chi connectivity index (χ3v) is 4.60. The first-order valence-electron chi connectivity index (χ1n) is 9.91. The number of nitro benzene ring substituents is 1. The van der Waals surface area contributed by atoms with Crippen molar-refractivity contribution < 1.29 is 33.6 Å². The summed E-state index contributed by atoms with van der Waals surface area (Å²) in [5.74, 6) is -3.43. The van der Waals surface area contributed by atoms with Gasteiger partial charge in [-0.1, -0.05) is 12.1 Å². The summed E-state index contributed by atoms with van der Waals surface area (Å²) in [6.07, 6.45) is -0.301. The van der Waals surface area contributed by atoms with E-state index >= 15 is 0 Å². The SMILES string of the molecule is CCOC(=O)C[C@H](c1ccc([N+](=O)[O-])cc1)[C@H](NC(=O)c1ccc(OC(C)=O)cc1)C(N)=O. The third kappa shape index (κ3) is 7.13. The lowest BCUT2D eigenvalue weighted by atomic mass is 9.87. The van der Waals surface area contributed by atoms with Crippen LogP contribution in [0.2, 0.25) is 0 Å². The molecular weight excluding hydrogens is 434 g/mol. The lowest BCUT2D eigenvalue weighted by Crippen LogP contribution is -2.48. The van der Waals surface area contributed by atoms with E-state index in [2.05, 4.69) is 5.32 Å². The van der Waals surface area contributed by atoms with Gasteiger partial charge < -0.3 is 20.5 Å². The average Bonchev–Trinajstić information content (AvgIpc) is 2.76. The molecular formula is C22H23N3O8. The van der Waals surface area contributed by atoms with Crippen molar-refractivity contribution >= 4 is 29.4 Å².